The van der Waals surface area contributed by atoms with Gasteiger partial charge >= 0.3 is 0 Å². The van der Waals surface area contributed by atoms with Gasteiger partial charge in [0.25, 0.3) is 0 Å². The van der Waals surface area contributed by atoms with E-state index in [4.69, 9.17) is 14.6 Å². The molecule has 9 heteroatoms. The Morgan fingerprint density at radius 3 is 2.84 bits per heavy atom. The fraction of sp³-hybridized carbons (Fsp3) is 0.273. The van der Waals surface area contributed by atoms with Crippen LogP contribution in [0.15, 0.2) is 57.1 Å². The summed E-state index contributed by atoms with van der Waals surface area (Å²) in [5.41, 5.74) is 4.39. The molecule has 5 rings (SSSR count). The monoisotopic (exact) mass is 504 g/mol. The first-order valence-corrected chi connectivity index (χ1v) is 10.7. The Morgan fingerprint density at radius 1 is 1.19 bits per heavy atom. The summed E-state index contributed by atoms with van der Waals surface area (Å²) in [6, 6.07) is 13.6. The average molecular weight is 506 g/mol. The van der Waals surface area contributed by atoms with E-state index in [2.05, 4.69) is 31.0 Å². The molecule has 0 radical (unpaired) electrons. The molecular weight excluding hydrogens is 484 g/mol. The molecule has 0 amide bonds. The van der Waals surface area contributed by atoms with Crippen LogP contribution in [0, 0.1) is 0 Å². The maximum absolute atomic E-state index is 10.7. The number of aromatic amines is 1. The molecule has 162 valence electrons. The molecule has 2 aliphatic rings. The third-order valence-electron chi connectivity index (χ3n) is 5.35. The van der Waals surface area contributed by atoms with Gasteiger partial charge in [-0.05, 0) is 18.2 Å². The average Bonchev–Trinajstić information content (AvgIpc) is 3.27. The topological polar surface area (TPSA) is 82.4 Å². The zero-order valence-electron chi connectivity index (χ0n) is 16.7. The number of aromatic hydroxyl groups is 1. The molecule has 0 saturated carbocycles. The number of halogens is 2. The first-order valence-electron chi connectivity index (χ1n) is 9.90. The third-order valence-corrected chi connectivity index (χ3v) is 5.84. The van der Waals surface area contributed by atoms with E-state index in [1.165, 1.54) is 0 Å². The lowest BCUT2D eigenvalue weighted by molar-refractivity contribution is 0.0213. The van der Waals surface area contributed by atoms with Crippen molar-refractivity contribution < 1.29 is 14.7 Å². The molecule has 1 saturated heterocycles. The second-order valence-electron chi connectivity index (χ2n) is 7.24. The number of aromatic nitrogens is 1. The van der Waals surface area contributed by atoms with E-state index in [1.807, 2.05) is 42.5 Å². The van der Waals surface area contributed by atoms with E-state index in [1.54, 1.807) is 0 Å². The minimum atomic E-state index is 0. The molecule has 3 aromatic rings. The van der Waals surface area contributed by atoms with Gasteiger partial charge in [-0.15, -0.1) is 12.4 Å². The van der Waals surface area contributed by atoms with Crippen LogP contribution in [0.4, 0.5) is 5.69 Å². The number of hydrogen-bond acceptors (Lipinski definition) is 6. The highest BCUT2D eigenvalue weighted by molar-refractivity contribution is 9.10. The van der Waals surface area contributed by atoms with Crippen molar-refractivity contribution in [3.05, 3.63) is 58.1 Å². The highest BCUT2D eigenvalue weighted by Crippen LogP contribution is 2.36. The maximum atomic E-state index is 10.7. The van der Waals surface area contributed by atoms with Gasteiger partial charge in [-0.2, -0.15) is 0 Å². The van der Waals surface area contributed by atoms with E-state index in [0.29, 0.717) is 23.6 Å². The Bertz CT molecular complexity index is 1150. The number of hydrogen-bond donors (Lipinski definition) is 2. The number of rotatable bonds is 5. The summed E-state index contributed by atoms with van der Waals surface area (Å²) in [7, 11) is 0. The molecule has 0 unspecified atom stereocenters. The molecular formula is C22H22BrClN4O3. The molecule has 0 spiro atoms. The van der Waals surface area contributed by atoms with E-state index < -0.39 is 0 Å². The maximum Gasteiger partial charge on any atom is 0.199 e. The molecule has 0 bridgehead atoms. The van der Waals surface area contributed by atoms with Crippen molar-refractivity contribution in [2.75, 3.05) is 39.5 Å². The van der Waals surface area contributed by atoms with Gasteiger partial charge in [0.2, 0.25) is 0 Å². The molecule has 0 aliphatic carbocycles. The zero-order valence-corrected chi connectivity index (χ0v) is 19.1. The smallest absolute Gasteiger partial charge is 0.199 e. The SMILES string of the molecule is Cl.Oc1[nH]c2cc(Br)ccc2c1C1=Nc2ccccc2/C1=N\OCCN1CCOCC1. The molecule has 31 heavy (non-hydrogen) atoms. The number of nitrogens with zero attached hydrogens (tertiary/aromatic N) is 3. The first-order chi connectivity index (χ1) is 14.7. The van der Waals surface area contributed by atoms with Crippen molar-refractivity contribution in [2.45, 2.75) is 0 Å². The largest absolute Gasteiger partial charge is 0.494 e. The summed E-state index contributed by atoms with van der Waals surface area (Å²) in [5.74, 6) is 0.0654. The minimum Gasteiger partial charge on any atom is -0.494 e. The van der Waals surface area contributed by atoms with Crippen molar-refractivity contribution in [2.24, 2.45) is 10.1 Å². The Hall–Kier alpha value is -2.39. The number of oxime groups is 1. The van der Waals surface area contributed by atoms with Crippen LogP contribution in [0.1, 0.15) is 11.1 Å². The summed E-state index contributed by atoms with van der Waals surface area (Å²) < 4.78 is 6.31. The van der Waals surface area contributed by atoms with Gasteiger partial charge in [0.15, 0.2) is 5.88 Å². The summed E-state index contributed by atoms with van der Waals surface area (Å²) in [6.07, 6.45) is 0. The van der Waals surface area contributed by atoms with Crippen LogP contribution < -0.4 is 0 Å². The molecule has 7 nitrogen and oxygen atoms in total. The number of fused-ring (bicyclic) bond motifs is 2. The van der Waals surface area contributed by atoms with E-state index >= 15 is 0 Å². The van der Waals surface area contributed by atoms with Crippen LogP contribution in [0.2, 0.25) is 0 Å². The van der Waals surface area contributed by atoms with Crippen LogP contribution in [-0.2, 0) is 9.57 Å². The Morgan fingerprint density at radius 2 is 2.00 bits per heavy atom. The molecule has 2 N–H and O–H groups in total. The van der Waals surface area contributed by atoms with Crippen molar-refractivity contribution in [3.63, 3.8) is 0 Å². The van der Waals surface area contributed by atoms with Crippen LogP contribution in [0.5, 0.6) is 5.88 Å². The van der Waals surface area contributed by atoms with Crippen molar-refractivity contribution >= 4 is 56.4 Å². The second kappa shape index (κ2) is 9.40. The number of para-hydroxylation sites is 1. The number of H-pyrrole nitrogens is 1. The Balaban J connectivity index is 0.00000231. The lowest BCUT2D eigenvalue weighted by Gasteiger charge is -2.25. The Labute approximate surface area is 194 Å². The molecule has 1 aromatic heterocycles. The highest BCUT2D eigenvalue weighted by Gasteiger charge is 2.29. The van der Waals surface area contributed by atoms with E-state index in [0.717, 1.165) is 59.5 Å². The number of aliphatic imine (C=N–C) groups is 1. The lowest BCUT2D eigenvalue weighted by Crippen LogP contribution is -2.38. The molecule has 3 heterocycles. The minimum absolute atomic E-state index is 0. The number of nitrogens with one attached hydrogen (secondary N) is 1. The molecule has 0 atom stereocenters. The zero-order chi connectivity index (χ0) is 20.5. The predicted octanol–water partition coefficient (Wildman–Crippen LogP) is 4.25. The number of morpholine rings is 1. The quantitative estimate of drug-likeness (QED) is 0.401. The molecule has 2 aliphatic heterocycles. The van der Waals surface area contributed by atoms with Gasteiger partial charge in [0.1, 0.15) is 18.0 Å². The summed E-state index contributed by atoms with van der Waals surface area (Å²) in [6.45, 7) is 4.61. The van der Waals surface area contributed by atoms with E-state index in [-0.39, 0.29) is 18.3 Å². The molecule has 1 fully saturated rings. The van der Waals surface area contributed by atoms with Crippen molar-refractivity contribution in [3.8, 4) is 5.88 Å². The number of benzene rings is 2. The standard InChI is InChI=1S/C22H21BrN4O3.ClH/c23-14-5-6-15-18(13-14)25-22(28)19(15)21-20(16-3-1-2-4-17(16)24-21)26-30-12-9-27-7-10-29-11-8-27;/h1-6,13,25,28H,7-12H2;1H/b26-20+;. The summed E-state index contributed by atoms with van der Waals surface area (Å²) in [4.78, 5) is 15.8. The van der Waals surface area contributed by atoms with Crippen molar-refractivity contribution in [1.82, 2.24) is 9.88 Å². The lowest BCUT2D eigenvalue weighted by atomic mass is 10.0. The van der Waals surface area contributed by atoms with Gasteiger partial charge < -0.3 is 19.7 Å². The van der Waals surface area contributed by atoms with Crippen molar-refractivity contribution in [1.29, 1.82) is 0 Å². The fourth-order valence-electron chi connectivity index (χ4n) is 3.84. The van der Waals surface area contributed by atoms with Gasteiger partial charge in [-0.3, -0.25) is 4.90 Å². The van der Waals surface area contributed by atoms with Crippen LogP contribution >= 0.6 is 28.3 Å². The van der Waals surface area contributed by atoms with Crippen LogP contribution in [-0.4, -0.2) is 65.9 Å². The molecule has 2 aromatic carbocycles. The first kappa shape index (κ1) is 21.8. The summed E-state index contributed by atoms with van der Waals surface area (Å²) >= 11 is 3.47. The van der Waals surface area contributed by atoms with Gasteiger partial charge in [0, 0.05) is 35.1 Å². The van der Waals surface area contributed by atoms with Gasteiger partial charge in [-0.25, -0.2) is 4.99 Å². The van der Waals surface area contributed by atoms with Gasteiger partial charge in [-0.1, -0.05) is 45.4 Å². The second-order valence-corrected chi connectivity index (χ2v) is 8.16. The fourth-order valence-corrected chi connectivity index (χ4v) is 4.20. The van der Waals surface area contributed by atoms with Gasteiger partial charge in [0.05, 0.1) is 30.0 Å². The Kier molecular flexibility index (Phi) is 6.62. The van der Waals surface area contributed by atoms with Crippen LogP contribution in [0.3, 0.4) is 0 Å². The normalized spacial score (nSPS) is 17.5. The van der Waals surface area contributed by atoms with E-state index in [9.17, 15) is 5.11 Å². The predicted molar refractivity (Wildman–Crippen MR) is 127 cm³/mol. The summed E-state index contributed by atoms with van der Waals surface area (Å²) in [5, 5.41) is 16.0. The third kappa shape index (κ3) is 4.34. The highest BCUT2D eigenvalue weighted by atomic mass is 79.9. The van der Waals surface area contributed by atoms with Crippen LogP contribution in [0.25, 0.3) is 10.9 Å². The number of ether oxygens (including phenoxy) is 1.